The lowest BCUT2D eigenvalue weighted by Crippen LogP contribution is -2.27. The van der Waals surface area contributed by atoms with Crippen LogP contribution in [0.25, 0.3) is 0 Å². The smallest absolute Gasteiger partial charge is 0.416 e. The summed E-state index contributed by atoms with van der Waals surface area (Å²) in [5, 5.41) is 13.9. The van der Waals surface area contributed by atoms with Crippen LogP contribution in [-0.2, 0) is 25.4 Å². The van der Waals surface area contributed by atoms with Gasteiger partial charge >= 0.3 is 6.18 Å². The number of phenols is 1. The fourth-order valence-electron chi connectivity index (χ4n) is 5.47. The summed E-state index contributed by atoms with van der Waals surface area (Å²) in [4.78, 5) is 12.8. The van der Waals surface area contributed by atoms with Gasteiger partial charge in [0.25, 0.3) is 0 Å². The van der Waals surface area contributed by atoms with Crippen LogP contribution >= 0.6 is 0 Å². The van der Waals surface area contributed by atoms with E-state index in [1.165, 1.54) is 25.5 Å². The molecule has 1 aromatic rings. The summed E-state index contributed by atoms with van der Waals surface area (Å²) < 4.78 is 61.1. The van der Waals surface area contributed by atoms with Gasteiger partial charge in [-0.2, -0.15) is 13.2 Å². The zero-order chi connectivity index (χ0) is 30.5. The van der Waals surface area contributed by atoms with Gasteiger partial charge in [0, 0.05) is 18.0 Å². The number of aromatic hydroxyl groups is 1. The number of halogens is 3. The van der Waals surface area contributed by atoms with Crippen LogP contribution in [0.1, 0.15) is 26.3 Å². The van der Waals surface area contributed by atoms with Crippen LogP contribution in [0.5, 0.6) is 11.5 Å². The van der Waals surface area contributed by atoms with Crippen LogP contribution in [0.15, 0.2) is 71.6 Å². The van der Waals surface area contributed by atoms with Crippen LogP contribution in [-0.4, -0.2) is 45.5 Å². The third kappa shape index (κ3) is 6.92. The molecule has 0 aromatic heterocycles. The monoisotopic (exact) mass is 577 g/mol. The van der Waals surface area contributed by atoms with E-state index in [-0.39, 0.29) is 35.0 Å². The first-order chi connectivity index (χ1) is 19.4. The van der Waals surface area contributed by atoms with Crippen molar-refractivity contribution < 1.29 is 42.0 Å². The van der Waals surface area contributed by atoms with Crippen molar-refractivity contribution in [3.63, 3.8) is 0 Å². The van der Waals surface area contributed by atoms with Crippen molar-refractivity contribution >= 4 is 11.5 Å². The van der Waals surface area contributed by atoms with Gasteiger partial charge in [-0.25, -0.2) is 0 Å². The number of carbonyl (C=O) groups excluding carboxylic acids is 1. The average Bonchev–Trinajstić information content (AvgIpc) is 2.93. The molecule has 1 aromatic carbocycles. The highest BCUT2D eigenvalue weighted by atomic mass is 19.4. The topological polar surface area (TPSA) is 86.2 Å². The number of benzene rings is 1. The van der Waals surface area contributed by atoms with Crippen LogP contribution < -0.4 is 10.1 Å². The van der Waals surface area contributed by atoms with Gasteiger partial charge in [0.15, 0.2) is 28.8 Å². The van der Waals surface area contributed by atoms with E-state index in [9.17, 15) is 23.1 Å². The molecule has 0 radical (unpaired) electrons. The number of allylic oxidation sites excluding steroid dienone is 7. The van der Waals surface area contributed by atoms with Crippen molar-refractivity contribution in [3.05, 3.63) is 77.1 Å². The minimum absolute atomic E-state index is 0.0120. The third-order valence-corrected chi connectivity index (χ3v) is 7.70. The van der Waals surface area contributed by atoms with Crippen LogP contribution in [0.2, 0.25) is 0 Å². The predicted octanol–water partition coefficient (Wildman–Crippen LogP) is 6.69. The van der Waals surface area contributed by atoms with Gasteiger partial charge < -0.3 is 29.4 Å². The number of phenolic OH excluding ortho intramolecular Hbond substituents is 1. The Labute approximate surface area is 239 Å². The zero-order valence-electron chi connectivity index (χ0n) is 24.3. The van der Waals surface area contributed by atoms with Crippen molar-refractivity contribution in [2.24, 2.45) is 29.6 Å². The lowest BCUT2D eigenvalue weighted by molar-refractivity contribution is -0.118. The maximum Gasteiger partial charge on any atom is 0.416 e. The Morgan fingerprint density at radius 1 is 1.07 bits per heavy atom. The predicted molar refractivity (Wildman–Crippen MR) is 150 cm³/mol. The van der Waals surface area contributed by atoms with Gasteiger partial charge in [-0.3, -0.25) is 4.79 Å². The third-order valence-electron chi connectivity index (χ3n) is 7.70. The molecule has 10 heteroatoms. The highest BCUT2D eigenvalue weighted by molar-refractivity contribution is 5.94. The van der Waals surface area contributed by atoms with E-state index in [2.05, 4.69) is 19.2 Å². The number of rotatable bonds is 11. The van der Waals surface area contributed by atoms with Gasteiger partial charge in [0.2, 0.25) is 0 Å². The van der Waals surface area contributed by atoms with Crippen molar-refractivity contribution in [1.29, 1.82) is 0 Å². The maximum atomic E-state index is 13.0. The van der Waals surface area contributed by atoms with Crippen LogP contribution in [0, 0.1) is 29.6 Å². The first kappa shape index (κ1) is 31.7. The number of anilines is 1. The first-order valence-corrected chi connectivity index (χ1v) is 13.3. The highest BCUT2D eigenvalue weighted by Gasteiger charge is 2.36. The number of carbonyl (C=O) groups is 1. The molecule has 0 fully saturated rings. The Morgan fingerprint density at radius 3 is 2.34 bits per heavy atom. The molecule has 3 rings (SSSR count). The molecule has 2 aliphatic carbocycles. The fraction of sp³-hybridized carbons (Fsp3) is 0.452. The van der Waals surface area contributed by atoms with Crippen molar-refractivity contribution in [2.45, 2.75) is 33.4 Å². The molecule has 5 unspecified atom stereocenters. The van der Waals surface area contributed by atoms with E-state index in [4.69, 9.17) is 18.9 Å². The Kier molecular flexibility index (Phi) is 10.2. The Bertz CT molecular complexity index is 1280. The molecule has 0 bridgehead atoms. The molecule has 0 heterocycles. The number of alkyl halides is 3. The Balaban J connectivity index is 1.82. The number of ketones is 1. The molecule has 0 saturated heterocycles. The van der Waals surface area contributed by atoms with Gasteiger partial charge in [-0.1, -0.05) is 45.1 Å². The minimum atomic E-state index is -4.46. The second-order valence-corrected chi connectivity index (χ2v) is 10.3. The Morgan fingerprint density at radius 2 is 1.78 bits per heavy atom. The number of nitrogens with one attached hydrogen (secondary N) is 1. The van der Waals surface area contributed by atoms with Crippen molar-refractivity contribution in [1.82, 2.24) is 0 Å². The zero-order valence-corrected chi connectivity index (χ0v) is 24.3. The summed E-state index contributed by atoms with van der Waals surface area (Å²) in [6, 6.07) is 3.51. The molecular formula is C31H38F3NO6. The normalized spacial score (nSPS) is 23.6. The Hall–Kier alpha value is -3.82. The largest absolute Gasteiger partial charge is 0.503 e. The van der Waals surface area contributed by atoms with Gasteiger partial charge in [-0.05, 0) is 48.0 Å². The lowest BCUT2D eigenvalue weighted by atomic mass is 9.76. The molecule has 0 spiro atoms. The molecule has 0 saturated carbocycles. The molecule has 2 aliphatic rings. The number of hydrogen-bond donors (Lipinski definition) is 2. The van der Waals surface area contributed by atoms with E-state index in [0.717, 1.165) is 17.7 Å². The quantitative estimate of drug-likeness (QED) is 0.224. The second kappa shape index (κ2) is 13.2. The molecule has 0 amide bonds. The number of ether oxygens (including phenoxy) is 4. The average molecular weight is 578 g/mol. The van der Waals surface area contributed by atoms with E-state index in [0.29, 0.717) is 29.4 Å². The lowest BCUT2D eigenvalue weighted by Gasteiger charge is -2.33. The van der Waals surface area contributed by atoms with Crippen LogP contribution in [0.4, 0.5) is 18.9 Å². The summed E-state index contributed by atoms with van der Waals surface area (Å²) in [5.74, 6) is 0.291. The molecule has 41 heavy (non-hydrogen) atoms. The number of hydrogen-bond acceptors (Lipinski definition) is 7. The molecule has 7 nitrogen and oxygen atoms in total. The summed E-state index contributed by atoms with van der Waals surface area (Å²) in [7, 11) is 6.17. The first-order valence-electron chi connectivity index (χ1n) is 13.3. The van der Waals surface area contributed by atoms with Crippen molar-refractivity contribution in [2.75, 3.05) is 33.8 Å². The molecule has 0 aliphatic heterocycles. The van der Waals surface area contributed by atoms with Gasteiger partial charge in [-0.15, -0.1) is 0 Å². The highest BCUT2D eigenvalue weighted by Crippen LogP contribution is 2.43. The summed E-state index contributed by atoms with van der Waals surface area (Å²) in [6.45, 7) is 5.70. The van der Waals surface area contributed by atoms with E-state index in [1.54, 1.807) is 34.3 Å². The van der Waals surface area contributed by atoms with E-state index >= 15 is 0 Å². The fourth-order valence-corrected chi connectivity index (χ4v) is 5.47. The summed E-state index contributed by atoms with van der Waals surface area (Å²) in [5.41, 5.74) is 0.380. The SMILES string of the molecule is COC1=CC(C(C)Cc2ccc(OC)c(O)c2N/C=C\C(=O)C2C=CC(C(F)(F)F)=CC2C)C(C)C(OC)=C1OC. The van der Waals surface area contributed by atoms with E-state index < -0.39 is 23.6 Å². The van der Waals surface area contributed by atoms with Gasteiger partial charge in [0.05, 0.1) is 39.7 Å². The molecule has 5 atom stereocenters. The summed E-state index contributed by atoms with van der Waals surface area (Å²) >= 11 is 0. The summed E-state index contributed by atoms with van der Waals surface area (Å²) in [6.07, 6.45) is 4.03. The van der Waals surface area contributed by atoms with Gasteiger partial charge in [0.1, 0.15) is 5.76 Å². The maximum absolute atomic E-state index is 13.0. The molecular weight excluding hydrogens is 539 g/mol. The second-order valence-electron chi connectivity index (χ2n) is 10.3. The van der Waals surface area contributed by atoms with Crippen molar-refractivity contribution in [3.8, 4) is 11.5 Å². The standard InChI is InChI=1S/C31H38F3NO6/c1-17(23-16-26(39-5)30(41-7)29(40-6)19(23)3)14-20-8-11-25(38-4)28(37)27(20)35-13-12-24(36)22-10-9-21(15-18(22)2)31(32,33)34/h8-13,15-19,22-23,35,37H,14H2,1-7H3/b13-12-. The minimum Gasteiger partial charge on any atom is -0.503 e. The molecule has 224 valence electrons. The van der Waals surface area contributed by atoms with Crippen LogP contribution in [0.3, 0.4) is 0 Å². The van der Waals surface area contributed by atoms with E-state index in [1.807, 2.05) is 12.1 Å². The molecule has 2 N–H and O–H groups in total. The number of methoxy groups -OCH3 is 4.